The van der Waals surface area contributed by atoms with Crippen molar-refractivity contribution in [3.63, 3.8) is 0 Å². The van der Waals surface area contributed by atoms with Crippen LogP contribution in [0.15, 0.2) is 73.2 Å². The van der Waals surface area contributed by atoms with Gasteiger partial charge in [-0.25, -0.2) is 9.97 Å². The van der Waals surface area contributed by atoms with Crippen LogP contribution in [0.25, 0.3) is 5.52 Å². The van der Waals surface area contributed by atoms with Crippen molar-refractivity contribution in [3.8, 4) is 5.75 Å². The minimum Gasteiger partial charge on any atom is -0.497 e. The normalized spacial score (nSPS) is 13.9. The van der Waals surface area contributed by atoms with Crippen molar-refractivity contribution in [1.29, 1.82) is 0 Å². The lowest BCUT2D eigenvalue weighted by molar-refractivity contribution is 0.102. The van der Waals surface area contributed by atoms with E-state index in [2.05, 4.69) is 41.6 Å². The second-order valence-corrected chi connectivity index (χ2v) is 7.61. The third-order valence-electron chi connectivity index (χ3n) is 5.68. The number of fused-ring (bicyclic) bond motifs is 1. The number of carbonyl (C=O) groups excluding carboxylic acids is 1. The summed E-state index contributed by atoms with van der Waals surface area (Å²) in [5, 5.41) is 2.95. The molecule has 8 nitrogen and oxygen atoms in total. The summed E-state index contributed by atoms with van der Waals surface area (Å²) in [6.07, 6.45) is 5.44. The largest absolute Gasteiger partial charge is 0.497 e. The van der Waals surface area contributed by atoms with Crippen molar-refractivity contribution in [3.05, 3.63) is 78.8 Å². The number of nitrogens with zero attached hydrogens (tertiary/aromatic N) is 5. The Morgan fingerprint density at radius 2 is 1.59 bits per heavy atom. The predicted octanol–water partition coefficient (Wildman–Crippen LogP) is 3.32. The maximum absolute atomic E-state index is 12.8. The van der Waals surface area contributed by atoms with Crippen LogP contribution in [0.5, 0.6) is 5.75 Å². The molecule has 1 saturated heterocycles. The third-order valence-corrected chi connectivity index (χ3v) is 5.68. The van der Waals surface area contributed by atoms with Gasteiger partial charge >= 0.3 is 0 Å². The molecule has 8 heteroatoms. The summed E-state index contributed by atoms with van der Waals surface area (Å²) in [6, 6.07) is 17.1. The summed E-state index contributed by atoms with van der Waals surface area (Å²) >= 11 is 0. The number of anilines is 3. The Morgan fingerprint density at radius 3 is 2.31 bits per heavy atom. The average Bonchev–Trinajstić information content (AvgIpc) is 3.28. The van der Waals surface area contributed by atoms with Crippen LogP contribution in [0.2, 0.25) is 0 Å². The number of carbonyl (C=O) groups is 1. The second kappa shape index (κ2) is 8.58. The van der Waals surface area contributed by atoms with Crippen LogP contribution < -0.4 is 19.9 Å². The SMILES string of the molecule is COc1ccc(NC(=O)c2ccc3ccc(N4CCN(c5ncccn5)CC4)n3c2)cc1. The highest BCUT2D eigenvalue weighted by molar-refractivity contribution is 6.04. The van der Waals surface area contributed by atoms with Crippen LogP contribution >= 0.6 is 0 Å². The molecule has 4 aromatic rings. The number of hydrogen-bond acceptors (Lipinski definition) is 6. The fourth-order valence-electron chi connectivity index (χ4n) is 3.95. The van der Waals surface area contributed by atoms with Gasteiger partial charge in [0, 0.05) is 56.0 Å². The van der Waals surface area contributed by atoms with Crippen LogP contribution in [0.3, 0.4) is 0 Å². The van der Waals surface area contributed by atoms with E-state index in [1.54, 1.807) is 19.5 Å². The summed E-state index contributed by atoms with van der Waals surface area (Å²) in [4.78, 5) is 26.1. The number of benzene rings is 1. The predicted molar refractivity (Wildman–Crippen MR) is 125 cm³/mol. The van der Waals surface area contributed by atoms with Crippen molar-refractivity contribution in [2.45, 2.75) is 0 Å². The van der Waals surface area contributed by atoms with Gasteiger partial charge in [0.2, 0.25) is 5.95 Å². The molecule has 4 heterocycles. The average molecular weight is 428 g/mol. The van der Waals surface area contributed by atoms with Gasteiger partial charge in [-0.2, -0.15) is 0 Å². The van der Waals surface area contributed by atoms with E-state index in [0.717, 1.165) is 54.9 Å². The first-order valence-electron chi connectivity index (χ1n) is 10.5. The molecule has 1 aromatic carbocycles. The number of piperazine rings is 1. The van der Waals surface area contributed by atoms with E-state index in [9.17, 15) is 4.79 Å². The van der Waals surface area contributed by atoms with E-state index in [-0.39, 0.29) is 5.91 Å². The number of methoxy groups -OCH3 is 1. The molecule has 1 amide bonds. The molecule has 0 unspecified atom stereocenters. The quantitative estimate of drug-likeness (QED) is 0.526. The molecular formula is C24H24N6O2. The van der Waals surface area contributed by atoms with Gasteiger partial charge in [-0.05, 0) is 54.6 Å². The Hall–Kier alpha value is -4.07. The first kappa shape index (κ1) is 19.9. The Labute approximate surface area is 186 Å². The Morgan fingerprint density at radius 1 is 0.906 bits per heavy atom. The van der Waals surface area contributed by atoms with Gasteiger partial charge in [0.05, 0.1) is 12.7 Å². The van der Waals surface area contributed by atoms with Gasteiger partial charge in [-0.1, -0.05) is 0 Å². The molecule has 1 fully saturated rings. The lowest BCUT2D eigenvalue weighted by atomic mass is 10.2. The monoisotopic (exact) mass is 428 g/mol. The van der Waals surface area contributed by atoms with Gasteiger partial charge in [-0.15, -0.1) is 0 Å². The van der Waals surface area contributed by atoms with Gasteiger partial charge in [-0.3, -0.25) is 4.79 Å². The number of aromatic nitrogens is 3. The smallest absolute Gasteiger partial charge is 0.257 e. The Balaban J connectivity index is 1.32. The second-order valence-electron chi connectivity index (χ2n) is 7.61. The molecule has 3 aromatic heterocycles. The molecule has 0 radical (unpaired) electrons. The lowest BCUT2D eigenvalue weighted by Gasteiger charge is -2.35. The Bertz CT molecular complexity index is 1210. The number of ether oxygens (including phenoxy) is 1. The highest BCUT2D eigenvalue weighted by atomic mass is 16.5. The first-order chi connectivity index (χ1) is 15.7. The number of nitrogens with one attached hydrogen (secondary N) is 1. The van der Waals surface area contributed by atoms with Gasteiger partial charge in [0.25, 0.3) is 5.91 Å². The summed E-state index contributed by atoms with van der Waals surface area (Å²) < 4.78 is 7.25. The van der Waals surface area contributed by atoms with Crippen LogP contribution in [0, 0.1) is 0 Å². The van der Waals surface area contributed by atoms with Crippen molar-refractivity contribution in [2.75, 3.05) is 48.4 Å². The molecule has 1 aliphatic rings. The van der Waals surface area contributed by atoms with Crippen molar-refractivity contribution >= 4 is 28.9 Å². The molecule has 0 bridgehead atoms. The number of rotatable bonds is 5. The zero-order valence-corrected chi connectivity index (χ0v) is 17.8. The molecule has 0 spiro atoms. The standard InChI is InChI=1S/C24H24N6O2/c1-32-21-8-4-19(5-9-21)27-23(31)18-3-6-20-7-10-22(30(20)17-18)28-13-15-29(16-14-28)24-25-11-2-12-26-24/h2-12,17H,13-16H2,1H3,(H,27,31). The highest BCUT2D eigenvalue weighted by Gasteiger charge is 2.21. The van der Waals surface area contributed by atoms with E-state index in [4.69, 9.17) is 4.74 Å². The van der Waals surface area contributed by atoms with Crippen molar-refractivity contribution < 1.29 is 9.53 Å². The molecule has 32 heavy (non-hydrogen) atoms. The number of pyridine rings is 1. The molecule has 1 N–H and O–H groups in total. The van der Waals surface area contributed by atoms with E-state index in [0.29, 0.717) is 5.56 Å². The molecule has 162 valence electrons. The van der Waals surface area contributed by atoms with Crippen LogP contribution in [-0.2, 0) is 0 Å². The molecule has 0 saturated carbocycles. The van der Waals surface area contributed by atoms with Crippen LogP contribution in [-0.4, -0.2) is 53.6 Å². The molecule has 5 rings (SSSR count). The van der Waals surface area contributed by atoms with Crippen LogP contribution in [0.4, 0.5) is 17.5 Å². The number of hydrogen-bond donors (Lipinski definition) is 1. The third kappa shape index (κ3) is 3.94. The van der Waals surface area contributed by atoms with Crippen LogP contribution in [0.1, 0.15) is 10.4 Å². The molecular weight excluding hydrogens is 404 g/mol. The van der Waals surface area contributed by atoms with Crippen molar-refractivity contribution in [2.24, 2.45) is 0 Å². The number of amides is 1. The fourth-order valence-corrected chi connectivity index (χ4v) is 3.95. The Kier molecular flexibility index (Phi) is 5.33. The zero-order chi connectivity index (χ0) is 21.9. The van der Waals surface area contributed by atoms with Crippen molar-refractivity contribution in [1.82, 2.24) is 14.4 Å². The fraction of sp³-hybridized carbons (Fsp3) is 0.208. The summed E-state index contributed by atoms with van der Waals surface area (Å²) in [5.74, 6) is 2.44. The van der Waals surface area contributed by atoms with E-state index < -0.39 is 0 Å². The lowest BCUT2D eigenvalue weighted by Crippen LogP contribution is -2.47. The van der Waals surface area contributed by atoms with Gasteiger partial charge in [0.1, 0.15) is 11.6 Å². The summed E-state index contributed by atoms with van der Waals surface area (Å²) in [7, 11) is 1.62. The first-order valence-corrected chi connectivity index (χ1v) is 10.5. The topological polar surface area (TPSA) is 75.0 Å². The summed E-state index contributed by atoms with van der Waals surface area (Å²) in [5.41, 5.74) is 2.37. The minimum atomic E-state index is -0.150. The minimum absolute atomic E-state index is 0.150. The highest BCUT2D eigenvalue weighted by Crippen LogP contribution is 2.23. The van der Waals surface area contributed by atoms with E-state index >= 15 is 0 Å². The molecule has 0 atom stereocenters. The maximum Gasteiger partial charge on any atom is 0.257 e. The van der Waals surface area contributed by atoms with Gasteiger partial charge in [0.15, 0.2) is 0 Å². The van der Waals surface area contributed by atoms with Gasteiger partial charge < -0.3 is 24.3 Å². The maximum atomic E-state index is 12.8. The van der Waals surface area contributed by atoms with E-state index in [1.807, 2.05) is 48.7 Å². The molecule has 1 aliphatic heterocycles. The summed E-state index contributed by atoms with van der Waals surface area (Å²) in [6.45, 7) is 3.39. The molecule has 0 aliphatic carbocycles. The zero-order valence-electron chi connectivity index (χ0n) is 17.8. The van der Waals surface area contributed by atoms with E-state index in [1.165, 1.54) is 0 Å².